The van der Waals surface area contributed by atoms with Gasteiger partial charge in [-0.1, -0.05) is 23.7 Å². The van der Waals surface area contributed by atoms with Crippen LogP contribution in [0.15, 0.2) is 36.5 Å². The van der Waals surface area contributed by atoms with Crippen molar-refractivity contribution in [1.82, 2.24) is 9.88 Å². The molecule has 1 amide bonds. The molecular weight excluding hydrogens is 314 g/mol. The lowest BCUT2D eigenvalue weighted by atomic mass is 10.1. The Kier molecular flexibility index (Phi) is 4.39. The van der Waals surface area contributed by atoms with Crippen molar-refractivity contribution >= 4 is 23.3 Å². The number of amides is 1. The molecule has 120 valence electrons. The Labute approximate surface area is 140 Å². The van der Waals surface area contributed by atoms with Gasteiger partial charge in [0, 0.05) is 26.2 Å². The average Bonchev–Trinajstić information content (AvgIpc) is 2.55. The maximum absolute atomic E-state index is 12.7. The first kappa shape index (κ1) is 15.6. The number of rotatable bonds is 2. The molecule has 1 N–H and O–H groups in total. The van der Waals surface area contributed by atoms with Crippen LogP contribution >= 0.6 is 11.6 Å². The molecule has 1 saturated heterocycles. The molecule has 1 aromatic carbocycles. The Bertz CT molecular complexity index is 690. The van der Waals surface area contributed by atoms with E-state index >= 15 is 0 Å². The number of aromatic hydroxyl groups is 1. The predicted molar refractivity (Wildman–Crippen MR) is 90.2 cm³/mol. The second-order valence-corrected chi connectivity index (χ2v) is 5.99. The van der Waals surface area contributed by atoms with Gasteiger partial charge in [-0.3, -0.25) is 4.79 Å². The van der Waals surface area contributed by atoms with Crippen LogP contribution in [0.5, 0.6) is 5.75 Å². The van der Waals surface area contributed by atoms with Crippen molar-refractivity contribution in [2.45, 2.75) is 6.92 Å². The Balaban J connectivity index is 1.69. The first-order chi connectivity index (χ1) is 11.1. The number of carbonyl (C=O) groups is 1. The van der Waals surface area contributed by atoms with Crippen molar-refractivity contribution < 1.29 is 9.90 Å². The van der Waals surface area contributed by atoms with Crippen molar-refractivity contribution in [3.05, 3.63) is 52.7 Å². The molecule has 23 heavy (non-hydrogen) atoms. The maximum atomic E-state index is 12.7. The summed E-state index contributed by atoms with van der Waals surface area (Å²) in [6.45, 7) is 4.54. The van der Waals surface area contributed by atoms with Crippen LogP contribution in [0.4, 0.5) is 5.82 Å². The smallest absolute Gasteiger partial charge is 0.255 e. The number of aryl methyl sites for hydroxylation is 1. The lowest BCUT2D eigenvalue weighted by molar-refractivity contribution is 0.0746. The van der Waals surface area contributed by atoms with Gasteiger partial charge in [0.05, 0.1) is 16.8 Å². The number of pyridine rings is 1. The zero-order valence-electron chi connectivity index (χ0n) is 12.9. The number of piperazine rings is 1. The lowest BCUT2D eigenvalue weighted by Gasteiger charge is -2.35. The summed E-state index contributed by atoms with van der Waals surface area (Å²) in [7, 11) is 0. The minimum atomic E-state index is -0.0218. The molecule has 6 heteroatoms. The second kappa shape index (κ2) is 6.46. The van der Waals surface area contributed by atoms with Crippen molar-refractivity contribution in [2.24, 2.45) is 0 Å². The maximum Gasteiger partial charge on any atom is 0.255 e. The normalized spacial score (nSPS) is 14.9. The monoisotopic (exact) mass is 331 g/mol. The number of anilines is 1. The summed E-state index contributed by atoms with van der Waals surface area (Å²) in [6.07, 6.45) is 1.43. The number of hydrogen-bond acceptors (Lipinski definition) is 4. The third kappa shape index (κ3) is 3.24. The summed E-state index contributed by atoms with van der Waals surface area (Å²) in [4.78, 5) is 20.8. The van der Waals surface area contributed by atoms with Gasteiger partial charge in [-0.25, -0.2) is 4.98 Å². The van der Waals surface area contributed by atoms with Crippen LogP contribution in [0.3, 0.4) is 0 Å². The number of hydrogen-bond donors (Lipinski definition) is 1. The Morgan fingerprint density at radius 3 is 2.52 bits per heavy atom. The van der Waals surface area contributed by atoms with Gasteiger partial charge < -0.3 is 14.9 Å². The van der Waals surface area contributed by atoms with E-state index in [4.69, 9.17) is 11.6 Å². The van der Waals surface area contributed by atoms with Gasteiger partial charge in [-0.05, 0) is 30.7 Å². The van der Waals surface area contributed by atoms with E-state index in [0.717, 1.165) is 11.4 Å². The minimum Gasteiger partial charge on any atom is -0.506 e. The first-order valence-corrected chi connectivity index (χ1v) is 7.88. The molecule has 0 unspecified atom stereocenters. The van der Waals surface area contributed by atoms with E-state index in [1.165, 1.54) is 6.20 Å². The first-order valence-electron chi connectivity index (χ1n) is 7.50. The zero-order chi connectivity index (χ0) is 16.4. The molecule has 3 rings (SSSR count). The minimum absolute atomic E-state index is 0.0218. The SMILES string of the molecule is Cc1cccc(Cl)c1C(=O)N1CCN(c2ccc(O)cn2)CC1. The Hall–Kier alpha value is -2.27. The molecule has 0 atom stereocenters. The van der Waals surface area contributed by atoms with Gasteiger partial charge in [0.1, 0.15) is 11.6 Å². The average molecular weight is 332 g/mol. The van der Waals surface area contributed by atoms with Gasteiger partial charge in [0.15, 0.2) is 0 Å². The van der Waals surface area contributed by atoms with Gasteiger partial charge >= 0.3 is 0 Å². The molecule has 0 aliphatic carbocycles. The van der Waals surface area contributed by atoms with Crippen molar-refractivity contribution in [2.75, 3.05) is 31.1 Å². The Morgan fingerprint density at radius 1 is 1.17 bits per heavy atom. The highest BCUT2D eigenvalue weighted by Gasteiger charge is 2.25. The van der Waals surface area contributed by atoms with Gasteiger partial charge in [0.2, 0.25) is 0 Å². The number of benzene rings is 1. The highest BCUT2D eigenvalue weighted by Crippen LogP contribution is 2.23. The highest BCUT2D eigenvalue weighted by molar-refractivity contribution is 6.34. The van der Waals surface area contributed by atoms with E-state index in [2.05, 4.69) is 9.88 Å². The quantitative estimate of drug-likeness (QED) is 0.919. The molecule has 1 fully saturated rings. The predicted octanol–water partition coefficient (Wildman–Crippen LogP) is 2.71. The molecule has 0 saturated carbocycles. The van der Waals surface area contributed by atoms with E-state index in [9.17, 15) is 9.90 Å². The summed E-state index contributed by atoms with van der Waals surface area (Å²) in [5, 5.41) is 9.80. The fourth-order valence-corrected chi connectivity index (χ4v) is 3.07. The van der Waals surface area contributed by atoms with Crippen LogP contribution in [-0.2, 0) is 0 Å². The number of aromatic nitrogens is 1. The van der Waals surface area contributed by atoms with Crippen molar-refractivity contribution in [3.63, 3.8) is 0 Å². The standard InChI is InChI=1S/C17H18ClN3O2/c1-12-3-2-4-14(18)16(12)17(23)21-9-7-20(8-10-21)15-6-5-13(22)11-19-15/h2-6,11,22H,7-10H2,1H3. The molecule has 0 spiro atoms. The molecule has 1 aliphatic heterocycles. The molecule has 1 aromatic heterocycles. The third-order valence-corrected chi connectivity index (χ3v) is 4.37. The number of halogens is 1. The van der Waals surface area contributed by atoms with E-state index in [1.54, 1.807) is 18.2 Å². The lowest BCUT2D eigenvalue weighted by Crippen LogP contribution is -2.49. The van der Waals surface area contributed by atoms with Crippen LogP contribution in [0.1, 0.15) is 15.9 Å². The summed E-state index contributed by atoms with van der Waals surface area (Å²) in [5.74, 6) is 0.937. The van der Waals surface area contributed by atoms with Gasteiger partial charge in [-0.2, -0.15) is 0 Å². The van der Waals surface area contributed by atoms with Crippen LogP contribution < -0.4 is 4.90 Å². The van der Waals surface area contributed by atoms with Crippen LogP contribution in [0.25, 0.3) is 0 Å². The van der Waals surface area contributed by atoms with Gasteiger partial charge in [0.25, 0.3) is 5.91 Å². The molecule has 1 aliphatic rings. The summed E-state index contributed by atoms with van der Waals surface area (Å²) < 4.78 is 0. The van der Waals surface area contributed by atoms with Crippen molar-refractivity contribution in [1.29, 1.82) is 0 Å². The second-order valence-electron chi connectivity index (χ2n) is 5.59. The van der Waals surface area contributed by atoms with Crippen LogP contribution in [-0.4, -0.2) is 47.1 Å². The van der Waals surface area contributed by atoms with Gasteiger partial charge in [-0.15, -0.1) is 0 Å². The molecular formula is C17H18ClN3O2. The molecule has 0 radical (unpaired) electrons. The van der Waals surface area contributed by atoms with Crippen molar-refractivity contribution in [3.8, 4) is 5.75 Å². The summed E-state index contributed by atoms with van der Waals surface area (Å²) in [5.41, 5.74) is 1.48. The van der Waals surface area contributed by atoms with Crippen LogP contribution in [0, 0.1) is 6.92 Å². The molecule has 2 aromatic rings. The van der Waals surface area contributed by atoms with E-state index in [-0.39, 0.29) is 11.7 Å². The summed E-state index contributed by atoms with van der Waals surface area (Å²) in [6, 6.07) is 8.90. The summed E-state index contributed by atoms with van der Waals surface area (Å²) >= 11 is 6.19. The zero-order valence-corrected chi connectivity index (χ0v) is 13.6. The molecule has 0 bridgehead atoms. The van der Waals surface area contributed by atoms with E-state index in [0.29, 0.717) is 36.8 Å². The molecule has 5 nitrogen and oxygen atoms in total. The number of carbonyl (C=O) groups excluding carboxylic acids is 1. The Morgan fingerprint density at radius 2 is 1.91 bits per heavy atom. The third-order valence-electron chi connectivity index (χ3n) is 4.06. The van der Waals surface area contributed by atoms with E-state index < -0.39 is 0 Å². The largest absolute Gasteiger partial charge is 0.506 e. The fraction of sp³-hybridized carbons (Fsp3) is 0.294. The van der Waals surface area contributed by atoms with E-state index in [1.807, 2.05) is 24.0 Å². The molecule has 2 heterocycles. The topological polar surface area (TPSA) is 56.7 Å². The highest BCUT2D eigenvalue weighted by atomic mass is 35.5. The fourth-order valence-electron chi connectivity index (χ4n) is 2.76. The van der Waals surface area contributed by atoms with Crippen LogP contribution in [0.2, 0.25) is 5.02 Å². The number of nitrogens with zero attached hydrogens (tertiary/aromatic N) is 3.